The van der Waals surface area contributed by atoms with E-state index in [0.717, 1.165) is 31.2 Å². The van der Waals surface area contributed by atoms with E-state index in [2.05, 4.69) is 27.3 Å². The van der Waals surface area contributed by atoms with Gasteiger partial charge in [0.15, 0.2) is 18.2 Å². The highest BCUT2D eigenvalue weighted by Crippen LogP contribution is 2.36. The van der Waals surface area contributed by atoms with Gasteiger partial charge in [0.2, 0.25) is 0 Å². The Bertz CT molecular complexity index is 844. The predicted molar refractivity (Wildman–Crippen MR) is 98.5 cm³/mol. The van der Waals surface area contributed by atoms with Gasteiger partial charge in [0.1, 0.15) is 11.1 Å². The zero-order chi connectivity index (χ0) is 17.8. The highest BCUT2D eigenvalue weighted by Gasteiger charge is 2.21. The Kier molecular flexibility index (Phi) is 5.71. The number of fused-ring (bicyclic) bond motifs is 1. The lowest BCUT2D eigenvalue weighted by Gasteiger charge is -2.08. The van der Waals surface area contributed by atoms with E-state index < -0.39 is 11.7 Å². The highest BCUT2D eigenvalue weighted by molar-refractivity contribution is 9.10. The zero-order valence-corrected chi connectivity index (χ0v) is 15.8. The molecule has 0 spiro atoms. The maximum absolute atomic E-state index is 13.7. The Labute approximate surface area is 157 Å². The van der Waals surface area contributed by atoms with Crippen molar-refractivity contribution in [2.24, 2.45) is 0 Å². The largest absolute Gasteiger partial charge is 0.481 e. The molecule has 130 valence electrons. The number of nitrogens with one attached hydrogen (secondary N) is 1. The van der Waals surface area contributed by atoms with Crippen molar-refractivity contribution >= 4 is 38.2 Å². The number of aryl methyl sites for hydroxylation is 1. The number of hydrogen-bond acceptors (Lipinski definition) is 4. The summed E-state index contributed by atoms with van der Waals surface area (Å²) >= 11 is 4.63. The fourth-order valence-corrected chi connectivity index (χ4v) is 4.44. The van der Waals surface area contributed by atoms with Crippen LogP contribution in [-0.4, -0.2) is 12.5 Å². The third-order valence-corrected chi connectivity index (χ3v) is 5.74. The molecule has 1 amide bonds. The molecule has 0 fully saturated rings. The van der Waals surface area contributed by atoms with Crippen LogP contribution in [0.2, 0.25) is 0 Å². The molecule has 3 rings (SSSR count). The lowest BCUT2D eigenvalue weighted by molar-refractivity contribution is -0.118. The van der Waals surface area contributed by atoms with Crippen molar-refractivity contribution in [1.82, 2.24) is 0 Å². The van der Waals surface area contributed by atoms with Gasteiger partial charge in [-0.1, -0.05) is 22.4 Å². The van der Waals surface area contributed by atoms with Gasteiger partial charge in [0, 0.05) is 9.35 Å². The number of benzene rings is 1. The topological polar surface area (TPSA) is 62.1 Å². The fourth-order valence-electron chi connectivity index (χ4n) is 2.85. The van der Waals surface area contributed by atoms with Gasteiger partial charge in [-0.2, -0.15) is 5.26 Å². The summed E-state index contributed by atoms with van der Waals surface area (Å²) in [6, 6.07) is 6.59. The second-order valence-electron chi connectivity index (χ2n) is 5.79. The minimum atomic E-state index is -0.539. The maximum atomic E-state index is 13.7. The number of rotatable bonds is 4. The second-order valence-corrected chi connectivity index (χ2v) is 7.81. The van der Waals surface area contributed by atoms with Crippen molar-refractivity contribution in [2.45, 2.75) is 32.1 Å². The summed E-state index contributed by atoms with van der Waals surface area (Å²) in [5.41, 5.74) is 1.63. The smallest absolute Gasteiger partial charge is 0.262 e. The van der Waals surface area contributed by atoms with Crippen molar-refractivity contribution in [3.05, 3.63) is 44.5 Å². The quantitative estimate of drug-likeness (QED) is 0.719. The first kappa shape index (κ1) is 17.9. The van der Waals surface area contributed by atoms with Crippen molar-refractivity contribution in [3.63, 3.8) is 0 Å². The summed E-state index contributed by atoms with van der Waals surface area (Å²) in [6.07, 6.45) is 5.17. The molecular weight excluding hydrogens is 407 g/mol. The molecular formula is C18H16BrFN2O2S. The lowest BCUT2D eigenvalue weighted by atomic mass is 10.1. The lowest BCUT2D eigenvalue weighted by Crippen LogP contribution is -2.20. The standard InChI is InChI=1S/C18H16BrFN2O2S/c19-11-6-7-15(14(20)8-11)24-10-17(23)22-18-13(9-21)12-4-2-1-3-5-16(12)25-18/h6-8H,1-5,10H2,(H,22,23). The molecule has 0 radical (unpaired) electrons. The summed E-state index contributed by atoms with van der Waals surface area (Å²) in [4.78, 5) is 13.3. The zero-order valence-electron chi connectivity index (χ0n) is 13.4. The van der Waals surface area contributed by atoms with Crippen LogP contribution in [0.1, 0.15) is 35.3 Å². The number of thiophene rings is 1. The number of nitriles is 1. The third kappa shape index (κ3) is 4.20. The number of hydrogen-bond donors (Lipinski definition) is 1. The average Bonchev–Trinajstić information content (AvgIpc) is 2.74. The Balaban J connectivity index is 1.68. The van der Waals surface area contributed by atoms with Gasteiger partial charge in [-0.25, -0.2) is 4.39 Å². The molecule has 0 unspecified atom stereocenters. The van der Waals surface area contributed by atoms with E-state index >= 15 is 0 Å². The van der Waals surface area contributed by atoms with Gasteiger partial charge < -0.3 is 10.1 Å². The van der Waals surface area contributed by atoms with Crippen LogP contribution in [0.15, 0.2) is 22.7 Å². The van der Waals surface area contributed by atoms with E-state index in [4.69, 9.17) is 4.74 Å². The molecule has 0 atom stereocenters. The minimum Gasteiger partial charge on any atom is -0.481 e. The Hall–Kier alpha value is -1.91. The molecule has 1 heterocycles. The molecule has 0 saturated carbocycles. The van der Waals surface area contributed by atoms with Gasteiger partial charge in [-0.3, -0.25) is 4.79 Å². The third-order valence-electron chi connectivity index (χ3n) is 4.04. The Morgan fingerprint density at radius 1 is 1.36 bits per heavy atom. The normalized spacial score (nSPS) is 13.5. The number of anilines is 1. The summed E-state index contributed by atoms with van der Waals surface area (Å²) in [7, 11) is 0. The highest BCUT2D eigenvalue weighted by atomic mass is 79.9. The van der Waals surface area contributed by atoms with Crippen LogP contribution in [-0.2, 0) is 17.6 Å². The molecule has 7 heteroatoms. The van der Waals surface area contributed by atoms with Crippen molar-refractivity contribution in [1.29, 1.82) is 5.26 Å². The molecule has 1 N–H and O–H groups in total. The average molecular weight is 423 g/mol. The van der Waals surface area contributed by atoms with Gasteiger partial charge >= 0.3 is 0 Å². The first-order chi connectivity index (χ1) is 12.1. The molecule has 25 heavy (non-hydrogen) atoms. The first-order valence-electron chi connectivity index (χ1n) is 8.01. The van der Waals surface area contributed by atoms with Gasteiger partial charge in [-0.05, 0) is 49.4 Å². The molecule has 2 aromatic rings. The first-order valence-corrected chi connectivity index (χ1v) is 9.61. The van der Waals surface area contributed by atoms with Crippen molar-refractivity contribution in [2.75, 3.05) is 11.9 Å². The molecule has 4 nitrogen and oxygen atoms in total. The van der Waals surface area contributed by atoms with E-state index in [9.17, 15) is 14.4 Å². The van der Waals surface area contributed by atoms with Crippen LogP contribution in [0, 0.1) is 17.1 Å². The van der Waals surface area contributed by atoms with Crippen LogP contribution in [0.4, 0.5) is 9.39 Å². The summed E-state index contributed by atoms with van der Waals surface area (Å²) < 4.78 is 19.5. The molecule has 1 aliphatic rings. The van der Waals surface area contributed by atoms with E-state index in [1.54, 1.807) is 6.07 Å². The van der Waals surface area contributed by atoms with Crippen LogP contribution < -0.4 is 10.1 Å². The van der Waals surface area contributed by atoms with E-state index in [1.165, 1.54) is 34.8 Å². The number of ether oxygens (including phenoxy) is 1. The van der Waals surface area contributed by atoms with Crippen LogP contribution >= 0.6 is 27.3 Å². The minimum absolute atomic E-state index is 0.0146. The van der Waals surface area contributed by atoms with E-state index in [0.29, 0.717) is 15.0 Å². The van der Waals surface area contributed by atoms with Crippen LogP contribution in [0.25, 0.3) is 0 Å². The monoisotopic (exact) mass is 422 g/mol. The van der Waals surface area contributed by atoms with Gasteiger partial charge in [0.05, 0.1) is 5.56 Å². The fraction of sp³-hybridized carbons (Fsp3) is 0.333. The molecule has 1 aromatic carbocycles. The molecule has 0 aliphatic heterocycles. The number of carbonyl (C=O) groups is 1. The number of amides is 1. The molecule has 1 aromatic heterocycles. The van der Waals surface area contributed by atoms with E-state index in [1.807, 2.05) is 0 Å². The number of nitrogens with zero attached hydrogens (tertiary/aromatic N) is 1. The Morgan fingerprint density at radius 2 is 2.16 bits per heavy atom. The molecule has 1 aliphatic carbocycles. The van der Waals surface area contributed by atoms with Gasteiger partial charge in [0.25, 0.3) is 5.91 Å². The van der Waals surface area contributed by atoms with Crippen LogP contribution in [0.5, 0.6) is 5.75 Å². The number of halogens is 2. The molecule has 0 bridgehead atoms. The van der Waals surface area contributed by atoms with Gasteiger partial charge in [-0.15, -0.1) is 11.3 Å². The SMILES string of the molecule is N#Cc1c(NC(=O)COc2ccc(Br)cc2F)sc2c1CCCCC2. The maximum Gasteiger partial charge on any atom is 0.262 e. The number of carbonyl (C=O) groups excluding carboxylic acids is 1. The van der Waals surface area contributed by atoms with Crippen molar-refractivity contribution < 1.29 is 13.9 Å². The summed E-state index contributed by atoms with van der Waals surface area (Å²) in [5, 5.41) is 12.8. The predicted octanol–water partition coefficient (Wildman–Crippen LogP) is 4.81. The summed E-state index contributed by atoms with van der Waals surface area (Å²) in [5.74, 6) is -0.932. The van der Waals surface area contributed by atoms with E-state index in [-0.39, 0.29) is 12.4 Å². The Morgan fingerprint density at radius 3 is 2.92 bits per heavy atom. The molecule has 0 saturated heterocycles. The second kappa shape index (κ2) is 7.98. The van der Waals surface area contributed by atoms with Crippen LogP contribution in [0.3, 0.4) is 0 Å². The summed E-state index contributed by atoms with van der Waals surface area (Å²) in [6.45, 7) is -0.314. The van der Waals surface area contributed by atoms with Crippen molar-refractivity contribution in [3.8, 4) is 11.8 Å².